The number of aliphatic hydroxyl groups is 1. The summed E-state index contributed by atoms with van der Waals surface area (Å²) in [5.74, 6) is -1.36. The van der Waals surface area contributed by atoms with E-state index in [4.69, 9.17) is 9.82 Å². The van der Waals surface area contributed by atoms with Crippen molar-refractivity contribution in [3.05, 3.63) is 58.7 Å². The molecule has 1 heterocycles. The number of hydrogen-bond donors (Lipinski definition) is 1. The molecule has 1 aromatic carbocycles. The van der Waals surface area contributed by atoms with E-state index in [1.165, 1.54) is 32.4 Å². The number of carbonyl (C=O) groups excluding carboxylic acids is 2. The minimum absolute atomic E-state index is 0.0258. The maximum atomic E-state index is 13.7. The molecule has 0 aliphatic rings. The summed E-state index contributed by atoms with van der Waals surface area (Å²) in [5, 5.41) is 14.4. The van der Waals surface area contributed by atoms with Crippen LogP contribution in [0.25, 0.3) is 17.2 Å². The van der Waals surface area contributed by atoms with E-state index in [0.29, 0.717) is 11.1 Å². The van der Waals surface area contributed by atoms with Gasteiger partial charge in [0.25, 0.3) is 0 Å². The number of benzene rings is 1. The molecule has 7 nitrogen and oxygen atoms in total. The maximum absolute atomic E-state index is 13.7. The molecular formula is C27H33FN2O5. The molecule has 8 heteroatoms. The first-order chi connectivity index (χ1) is 16.6. The third-order valence-electron chi connectivity index (χ3n) is 5.34. The van der Waals surface area contributed by atoms with Crippen LogP contribution >= 0.6 is 0 Å². The first-order valence-electron chi connectivity index (χ1n) is 11.4. The van der Waals surface area contributed by atoms with Gasteiger partial charge in [-0.1, -0.05) is 57.1 Å². The first-order valence-corrected chi connectivity index (χ1v) is 11.4. The van der Waals surface area contributed by atoms with Crippen LogP contribution in [-0.4, -0.2) is 48.4 Å². The lowest BCUT2D eigenvalue weighted by Gasteiger charge is -2.22. The average Bonchev–Trinajstić information content (AvgIpc) is 2.80. The molecule has 0 spiro atoms. The molecule has 0 radical (unpaired) electrons. The normalized spacial score (nSPS) is 12.6. The van der Waals surface area contributed by atoms with Crippen molar-refractivity contribution >= 4 is 24.0 Å². The maximum Gasteiger partial charge on any atom is 0.313 e. The highest BCUT2D eigenvalue weighted by Crippen LogP contribution is 2.36. The molecule has 35 heavy (non-hydrogen) atoms. The molecule has 0 saturated heterocycles. The van der Waals surface area contributed by atoms with Crippen molar-refractivity contribution in [2.75, 3.05) is 14.2 Å². The lowest BCUT2D eigenvalue weighted by molar-refractivity contribution is -0.143. The number of esters is 1. The van der Waals surface area contributed by atoms with Crippen LogP contribution in [0.2, 0.25) is 0 Å². The number of nitrogens with zero attached hydrogens (tertiary/aromatic N) is 2. The number of methoxy groups -OCH3 is 1. The predicted molar refractivity (Wildman–Crippen MR) is 134 cm³/mol. The Bertz CT molecular complexity index is 1090. The standard InChI is InChI=1S/C27H33FN2O5/c1-16(2)26-22(12-11-20(31)13-21(32)14-24(33)34-5)25(18-7-9-19(28)10-8-18)23(15-29-35-6)27(30-26)17(3)4/h7-12,15-17,20,31H,13-14H2,1-6H3. The van der Waals surface area contributed by atoms with E-state index in [0.717, 1.165) is 22.5 Å². The Kier molecular flexibility index (Phi) is 10.3. The van der Waals surface area contributed by atoms with Crippen LogP contribution in [0.4, 0.5) is 4.39 Å². The Hall–Kier alpha value is -3.39. The van der Waals surface area contributed by atoms with Crippen LogP contribution < -0.4 is 0 Å². The smallest absolute Gasteiger partial charge is 0.313 e. The molecule has 0 bridgehead atoms. The van der Waals surface area contributed by atoms with Gasteiger partial charge in [-0.2, -0.15) is 0 Å². The summed E-state index contributed by atoms with van der Waals surface area (Å²) in [6, 6.07) is 6.11. The Balaban J connectivity index is 2.70. The molecule has 0 saturated carbocycles. The van der Waals surface area contributed by atoms with Crippen LogP contribution in [0.1, 0.15) is 74.9 Å². The summed E-state index contributed by atoms with van der Waals surface area (Å²) in [6.07, 6.45) is 3.04. The van der Waals surface area contributed by atoms with Gasteiger partial charge >= 0.3 is 5.97 Å². The second-order valence-electron chi connectivity index (χ2n) is 8.74. The van der Waals surface area contributed by atoms with Crippen molar-refractivity contribution in [1.82, 2.24) is 4.98 Å². The van der Waals surface area contributed by atoms with Crippen LogP contribution in [0.3, 0.4) is 0 Å². The average molecular weight is 485 g/mol. The zero-order valence-electron chi connectivity index (χ0n) is 21.0. The van der Waals surface area contributed by atoms with Crippen molar-refractivity contribution in [2.45, 2.75) is 58.5 Å². The predicted octanol–water partition coefficient (Wildman–Crippen LogP) is 5.01. The van der Waals surface area contributed by atoms with Crippen LogP contribution in [0.5, 0.6) is 0 Å². The minimum atomic E-state index is -1.12. The molecule has 2 rings (SSSR count). The van der Waals surface area contributed by atoms with Crippen molar-refractivity contribution in [3.8, 4) is 11.1 Å². The molecular weight excluding hydrogens is 451 g/mol. The first kappa shape index (κ1) is 27.9. The number of oxime groups is 1. The quantitative estimate of drug-likeness (QED) is 0.208. The lowest BCUT2D eigenvalue weighted by Crippen LogP contribution is -2.15. The van der Waals surface area contributed by atoms with Gasteiger partial charge in [-0.15, -0.1) is 0 Å². The van der Waals surface area contributed by atoms with Gasteiger partial charge in [0.05, 0.1) is 30.8 Å². The number of ketones is 1. The number of Topliss-reactive ketones (excluding diaryl/α,β-unsaturated/α-hetero) is 1. The fraction of sp³-hybridized carbons (Fsp3) is 0.407. The summed E-state index contributed by atoms with van der Waals surface area (Å²) >= 11 is 0. The SMILES string of the molecule is CON=Cc1c(C(C)C)nc(C(C)C)c(C=CC(O)CC(=O)CC(=O)OC)c1-c1ccc(F)cc1. The second-order valence-corrected chi connectivity index (χ2v) is 8.74. The second kappa shape index (κ2) is 12.9. The van der Waals surface area contributed by atoms with Crippen LogP contribution in [-0.2, 0) is 19.2 Å². The zero-order chi connectivity index (χ0) is 26.1. The van der Waals surface area contributed by atoms with Crippen molar-refractivity contribution in [3.63, 3.8) is 0 Å². The molecule has 1 aromatic heterocycles. The van der Waals surface area contributed by atoms with E-state index in [-0.39, 0.29) is 24.1 Å². The Morgan fingerprint density at radius 1 is 1.06 bits per heavy atom. The summed E-state index contributed by atoms with van der Waals surface area (Å²) in [4.78, 5) is 33.3. The molecule has 0 fully saturated rings. The Labute approximate surface area is 205 Å². The molecule has 0 aliphatic carbocycles. The topological polar surface area (TPSA) is 98.1 Å². The van der Waals surface area contributed by atoms with E-state index < -0.39 is 24.3 Å². The van der Waals surface area contributed by atoms with Gasteiger partial charge in [0, 0.05) is 23.1 Å². The monoisotopic (exact) mass is 484 g/mol. The number of hydrogen-bond acceptors (Lipinski definition) is 7. The highest BCUT2D eigenvalue weighted by atomic mass is 19.1. The number of rotatable bonds is 11. The number of halogens is 1. The van der Waals surface area contributed by atoms with Crippen LogP contribution in [0.15, 0.2) is 35.5 Å². The molecule has 2 aromatic rings. The molecule has 1 atom stereocenters. The van der Waals surface area contributed by atoms with Crippen molar-refractivity contribution < 1.29 is 28.7 Å². The molecule has 0 aliphatic heterocycles. The third kappa shape index (κ3) is 7.55. The van der Waals surface area contributed by atoms with Gasteiger partial charge in [-0.3, -0.25) is 14.6 Å². The summed E-state index contributed by atoms with van der Waals surface area (Å²) in [6.45, 7) is 8.07. The van der Waals surface area contributed by atoms with E-state index >= 15 is 0 Å². The Morgan fingerprint density at radius 2 is 1.66 bits per heavy atom. The molecule has 1 N–H and O–H groups in total. The molecule has 1 unspecified atom stereocenters. The fourth-order valence-electron chi connectivity index (χ4n) is 3.68. The third-order valence-corrected chi connectivity index (χ3v) is 5.34. The number of aromatic nitrogens is 1. The summed E-state index contributed by atoms with van der Waals surface area (Å²) in [7, 11) is 2.65. The fourth-order valence-corrected chi connectivity index (χ4v) is 3.68. The van der Waals surface area contributed by atoms with Gasteiger partial charge in [0.2, 0.25) is 0 Å². The largest absolute Gasteiger partial charge is 0.469 e. The summed E-state index contributed by atoms with van der Waals surface area (Å²) in [5.41, 5.74) is 4.53. The van der Waals surface area contributed by atoms with E-state index in [1.54, 1.807) is 24.4 Å². The Morgan fingerprint density at radius 3 is 2.20 bits per heavy atom. The zero-order valence-corrected chi connectivity index (χ0v) is 21.0. The lowest BCUT2D eigenvalue weighted by atomic mass is 9.87. The van der Waals surface area contributed by atoms with Gasteiger partial charge in [0.15, 0.2) is 0 Å². The number of carbonyl (C=O) groups is 2. The van der Waals surface area contributed by atoms with Gasteiger partial charge in [-0.05, 0) is 29.5 Å². The molecule has 188 valence electrons. The van der Waals surface area contributed by atoms with Gasteiger partial charge in [-0.25, -0.2) is 4.39 Å². The van der Waals surface area contributed by atoms with E-state index in [1.807, 2.05) is 27.7 Å². The van der Waals surface area contributed by atoms with Gasteiger partial charge in [0.1, 0.15) is 25.1 Å². The highest BCUT2D eigenvalue weighted by molar-refractivity contribution is 5.97. The van der Waals surface area contributed by atoms with Gasteiger partial charge < -0.3 is 14.7 Å². The van der Waals surface area contributed by atoms with Crippen molar-refractivity contribution in [1.29, 1.82) is 0 Å². The number of pyridine rings is 1. The van der Waals surface area contributed by atoms with Crippen LogP contribution in [0, 0.1) is 5.82 Å². The molecule has 0 amide bonds. The minimum Gasteiger partial charge on any atom is -0.469 e. The van der Waals surface area contributed by atoms with E-state index in [9.17, 15) is 19.1 Å². The number of ether oxygens (including phenoxy) is 1. The van der Waals surface area contributed by atoms with Crippen molar-refractivity contribution in [2.24, 2.45) is 5.16 Å². The highest BCUT2D eigenvalue weighted by Gasteiger charge is 2.22. The van der Waals surface area contributed by atoms with E-state index in [2.05, 4.69) is 9.89 Å². The summed E-state index contributed by atoms with van der Waals surface area (Å²) < 4.78 is 18.2. The number of aliphatic hydroxyl groups excluding tert-OH is 1.